The van der Waals surface area contributed by atoms with Crippen LogP contribution in [0.5, 0.6) is 0 Å². The van der Waals surface area contributed by atoms with E-state index < -0.39 is 0 Å². The first-order valence-electron chi connectivity index (χ1n) is 4.83. The zero-order valence-corrected chi connectivity index (χ0v) is 10.7. The molecule has 1 aromatic heterocycles. The number of hydrogen-bond donors (Lipinski definition) is 0. The Bertz CT molecular complexity index is 336. The first-order chi connectivity index (χ1) is 7.02. The van der Waals surface area contributed by atoms with Crippen molar-refractivity contribution in [2.75, 3.05) is 13.6 Å². The van der Waals surface area contributed by atoms with Crippen LogP contribution in [0.25, 0.3) is 0 Å². The molecule has 15 heavy (non-hydrogen) atoms. The summed E-state index contributed by atoms with van der Waals surface area (Å²) < 4.78 is 4.85. The van der Waals surface area contributed by atoms with Gasteiger partial charge >= 0.3 is 0 Å². The van der Waals surface area contributed by atoms with Gasteiger partial charge in [0, 0.05) is 18.4 Å². The highest BCUT2D eigenvalue weighted by molar-refractivity contribution is 9.09. The minimum absolute atomic E-state index is 0.0399. The summed E-state index contributed by atoms with van der Waals surface area (Å²) in [5, 5.41) is 3.59. The van der Waals surface area contributed by atoms with E-state index >= 15 is 0 Å². The summed E-state index contributed by atoms with van der Waals surface area (Å²) in [6.07, 6.45) is 2.39. The molecule has 0 bridgehead atoms. The highest BCUT2D eigenvalue weighted by atomic mass is 79.9. The molecule has 0 aliphatic heterocycles. The number of carbonyl (C=O) groups excluding carboxylic acids is 1. The molecule has 1 atom stereocenters. The van der Waals surface area contributed by atoms with Crippen LogP contribution in [-0.4, -0.2) is 34.4 Å². The molecule has 0 saturated carbocycles. The van der Waals surface area contributed by atoms with Gasteiger partial charge in [-0.25, -0.2) is 0 Å². The predicted octanol–water partition coefficient (Wildman–Crippen LogP) is 2.23. The summed E-state index contributed by atoms with van der Waals surface area (Å²) in [5.41, 5.74) is 0.541. The second-order valence-corrected chi connectivity index (χ2v) is 5.15. The minimum atomic E-state index is -0.0399. The third-order valence-electron chi connectivity index (χ3n) is 2.19. The molecule has 4 nitrogen and oxygen atoms in total. The van der Waals surface area contributed by atoms with Crippen molar-refractivity contribution in [1.82, 2.24) is 10.1 Å². The van der Waals surface area contributed by atoms with E-state index in [9.17, 15) is 4.79 Å². The molecule has 1 amide bonds. The lowest BCUT2D eigenvalue weighted by Crippen LogP contribution is -2.28. The van der Waals surface area contributed by atoms with Crippen molar-refractivity contribution >= 4 is 21.8 Å². The molecule has 1 rings (SSSR count). The number of hydrogen-bond acceptors (Lipinski definition) is 3. The van der Waals surface area contributed by atoms with E-state index in [0.717, 1.165) is 13.0 Å². The molecule has 0 aliphatic rings. The first kappa shape index (κ1) is 12.2. The lowest BCUT2D eigenvalue weighted by Gasteiger charge is -2.16. The van der Waals surface area contributed by atoms with E-state index in [1.807, 2.05) is 0 Å². The zero-order valence-electron chi connectivity index (χ0n) is 9.16. The molecule has 0 saturated heterocycles. The molecular formula is C10H15BrN2O2. The fraction of sp³-hybridized carbons (Fsp3) is 0.600. The van der Waals surface area contributed by atoms with Gasteiger partial charge < -0.3 is 9.42 Å². The van der Waals surface area contributed by atoms with Crippen LogP contribution in [0.15, 0.2) is 10.7 Å². The topological polar surface area (TPSA) is 46.3 Å². The van der Waals surface area contributed by atoms with Crippen LogP contribution in [-0.2, 0) is 0 Å². The highest BCUT2D eigenvalue weighted by Crippen LogP contribution is 2.10. The average molecular weight is 275 g/mol. The van der Waals surface area contributed by atoms with Crippen LogP contribution in [0.1, 0.15) is 29.5 Å². The van der Waals surface area contributed by atoms with Crippen molar-refractivity contribution in [3.05, 3.63) is 17.5 Å². The van der Waals surface area contributed by atoms with Gasteiger partial charge in [0.05, 0.1) is 6.20 Å². The Morgan fingerprint density at radius 2 is 2.40 bits per heavy atom. The highest BCUT2D eigenvalue weighted by Gasteiger charge is 2.17. The third kappa shape index (κ3) is 3.34. The quantitative estimate of drug-likeness (QED) is 0.791. The molecule has 84 valence electrons. The maximum absolute atomic E-state index is 11.8. The number of nitrogens with zero attached hydrogens (tertiary/aromatic N) is 2. The molecular weight excluding hydrogens is 260 g/mol. The van der Waals surface area contributed by atoms with Crippen molar-refractivity contribution in [2.24, 2.45) is 0 Å². The monoisotopic (exact) mass is 274 g/mol. The van der Waals surface area contributed by atoms with Gasteiger partial charge in [-0.05, 0) is 13.3 Å². The fourth-order valence-electron chi connectivity index (χ4n) is 1.18. The van der Waals surface area contributed by atoms with Gasteiger partial charge in [-0.1, -0.05) is 28.0 Å². The van der Waals surface area contributed by atoms with Crippen LogP contribution >= 0.6 is 15.9 Å². The van der Waals surface area contributed by atoms with Gasteiger partial charge in [0.1, 0.15) is 11.3 Å². The SMILES string of the molecule is Cc1oncc1C(=O)N(C)CCC(C)Br. The van der Waals surface area contributed by atoms with Gasteiger partial charge in [-0.2, -0.15) is 0 Å². The Balaban J connectivity index is 2.57. The molecule has 0 spiro atoms. The summed E-state index contributed by atoms with van der Waals surface area (Å²) in [4.78, 5) is 13.9. The standard InChI is InChI=1S/C10H15BrN2O2/c1-7(11)4-5-13(3)10(14)9-6-12-15-8(9)2/h6-7H,4-5H2,1-3H3. The number of carbonyl (C=O) groups is 1. The summed E-state index contributed by atoms with van der Waals surface area (Å²) in [7, 11) is 1.78. The molecule has 0 fully saturated rings. The molecule has 0 aliphatic carbocycles. The maximum Gasteiger partial charge on any atom is 0.258 e. The Kier molecular flexibility index (Phi) is 4.32. The van der Waals surface area contributed by atoms with Crippen LogP contribution in [0, 0.1) is 6.92 Å². The van der Waals surface area contributed by atoms with Crippen LogP contribution < -0.4 is 0 Å². The van der Waals surface area contributed by atoms with E-state index in [0.29, 0.717) is 16.2 Å². The van der Waals surface area contributed by atoms with Crippen molar-refractivity contribution in [3.63, 3.8) is 0 Å². The van der Waals surface area contributed by atoms with Gasteiger partial charge in [0.15, 0.2) is 0 Å². The van der Waals surface area contributed by atoms with E-state index in [4.69, 9.17) is 4.52 Å². The fourth-order valence-corrected chi connectivity index (χ4v) is 1.39. The normalized spacial score (nSPS) is 12.5. The number of amides is 1. The van der Waals surface area contributed by atoms with Crippen molar-refractivity contribution in [3.8, 4) is 0 Å². The number of alkyl halides is 1. The molecule has 0 N–H and O–H groups in total. The molecule has 1 unspecified atom stereocenters. The summed E-state index contributed by atoms with van der Waals surface area (Å²) in [6.45, 7) is 4.51. The smallest absolute Gasteiger partial charge is 0.258 e. The Labute approximate surface area is 97.7 Å². The largest absolute Gasteiger partial charge is 0.361 e. The molecule has 1 aromatic rings. The molecule has 5 heteroatoms. The van der Waals surface area contributed by atoms with Gasteiger partial charge in [-0.15, -0.1) is 0 Å². The predicted molar refractivity (Wildman–Crippen MR) is 61.2 cm³/mol. The van der Waals surface area contributed by atoms with Crippen molar-refractivity contribution < 1.29 is 9.32 Å². The van der Waals surface area contributed by atoms with Gasteiger partial charge in [0.2, 0.25) is 0 Å². The lowest BCUT2D eigenvalue weighted by atomic mass is 10.2. The van der Waals surface area contributed by atoms with E-state index in [2.05, 4.69) is 28.0 Å². The number of aromatic nitrogens is 1. The lowest BCUT2D eigenvalue weighted by molar-refractivity contribution is 0.0792. The summed E-state index contributed by atoms with van der Waals surface area (Å²) in [6, 6.07) is 0. The number of aryl methyl sites for hydroxylation is 1. The van der Waals surface area contributed by atoms with E-state index in [1.54, 1.807) is 18.9 Å². The molecule has 0 radical (unpaired) electrons. The Morgan fingerprint density at radius 1 is 1.73 bits per heavy atom. The van der Waals surface area contributed by atoms with Crippen molar-refractivity contribution in [1.29, 1.82) is 0 Å². The average Bonchev–Trinajstić information content (AvgIpc) is 2.59. The number of halogens is 1. The van der Waals surface area contributed by atoms with Crippen molar-refractivity contribution in [2.45, 2.75) is 25.1 Å². The van der Waals surface area contributed by atoms with Crippen LogP contribution in [0.2, 0.25) is 0 Å². The Hall–Kier alpha value is -0.840. The van der Waals surface area contributed by atoms with Crippen LogP contribution in [0.4, 0.5) is 0 Å². The second-order valence-electron chi connectivity index (χ2n) is 3.59. The Morgan fingerprint density at radius 3 is 2.87 bits per heavy atom. The van der Waals surface area contributed by atoms with E-state index in [1.165, 1.54) is 6.20 Å². The van der Waals surface area contributed by atoms with Gasteiger partial charge in [-0.3, -0.25) is 4.79 Å². The molecule has 1 heterocycles. The van der Waals surface area contributed by atoms with Crippen LogP contribution in [0.3, 0.4) is 0 Å². The summed E-state index contributed by atoms with van der Waals surface area (Å²) in [5.74, 6) is 0.528. The van der Waals surface area contributed by atoms with Gasteiger partial charge in [0.25, 0.3) is 5.91 Å². The summed E-state index contributed by atoms with van der Waals surface area (Å²) >= 11 is 3.45. The first-order valence-corrected chi connectivity index (χ1v) is 5.74. The third-order valence-corrected chi connectivity index (χ3v) is 2.65. The second kappa shape index (κ2) is 5.30. The van der Waals surface area contributed by atoms with E-state index in [-0.39, 0.29) is 5.91 Å². The zero-order chi connectivity index (χ0) is 11.4. The molecule has 0 aromatic carbocycles. The minimum Gasteiger partial charge on any atom is -0.361 e. The maximum atomic E-state index is 11.8. The number of rotatable bonds is 4.